The number of halogens is 2. The van der Waals surface area contributed by atoms with Gasteiger partial charge in [-0.25, -0.2) is 4.39 Å². The summed E-state index contributed by atoms with van der Waals surface area (Å²) in [5.41, 5.74) is 2.15. The number of hydrogen-bond donors (Lipinski definition) is 1. The Morgan fingerprint density at radius 3 is 2.46 bits per heavy atom. The van der Waals surface area contributed by atoms with E-state index in [1.807, 2.05) is 43.4 Å². The summed E-state index contributed by atoms with van der Waals surface area (Å²) in [6.07, 6.45) is 0. The lowest BCUT2D eigenvalue weighted by molar-refractivity contribution is -0.892. The number of quaternary nitrogens is 1. The standard InChI is InChI=1S/C20H23BrFN3O/c1-23(14-16-4-2-3-5-19(16)21)20(26)15-24-10-12-25(13-11-24)18-8-6-17(22)7-9-18/h2-9H,10-15H2,1H3/p+1. The Labute approximate surface area is 162 Å². The first-order chi connectivity index (χ1) is 12.5. The molecule has 0 unspecified atom stereocenters. The number of piperazine rings is 1. The van der Waals surface area contributed by atoms with Crippen LogP contribution in [0.2, 0.25) is 0 Å². The van der Waals surface area contributed by atoms with E-state index < -0.39 is 0 Å². The van der Waals surface area contributed by atoms with Gasteiger partial charge in [0.1, 0.15) is 5.82 Å². The number of nitrogens with one attached hydrogen (secondary N) is 1. The first-order valence-corrected chi connectivity index (χ1v) is 9.63. The van der Waals surface area contributed by atoms with Gasteiger partial charge in [-0.15, -0.1) is 0 Å². The number of carbonyl (C=O) groups excluding carboxylic acids is 1. The fraction of sp³-hybridized carbons (Fsp3) is 0.350. The Balaban J connectivity index is 1.48. The Bertz CT molecular complexity index is 745. The molecule has 0 aromatic heterocycles. The molecule has 2 aromatic rings. The second-order valence-corrected chi connectivity index (χ2v) is 7.59. The summed E-state index contributed by atoms with van der Waals surface area (Å²) in [5.74, 6) is -0.0531. The Morgan fingerprint density at radius 1 is 1.15 bits per heavy atom. The highest BCUT2D eigenvalue weighted by atomic mass is 79.9. The Kier molecular flexibility index (Phi) is 6.27. The molecule has 1 N–H and O–H groups in total. The maximum atomic E-state index is 13.0. The number of amides is 1. The van der Waals surface area contributed by atoms with Crippen LogP contribution in [0.3, 0.4) is 0 Å². The van der Waals surface area contributed by atoms with E-state index in [-0.39, 0.29) is 11.7 Å². The van der Waals surface area contributed by atoms with Crippen molar-refractivity contribution in [3.63, 3.8) is 0 Å². The highest BCUT2D eigenvalue weighted by molar-refractivity contribution is 9.10. The second kappa shape index (κ2) is 8.64. The highest BCUT2D eigenvalue weighted by Gasteiger charge is 2.24. The largest absolute Gasteiger partial charge is 0.360 e. The number of carbonyl (C=O) groups is 1. The minimum absolute atomic E-state index is 0.158. The van der Waals surface area contributed by atoms with Gasteiger partial charge in [0.15, 0.2) is 6.54 Å². The average Bonchev–Trinajstić information content (AvgIpc) is 2.65. The van der Waals surface area contributed by atoms with Gasteiger partial charge in [0.2, 0.25) is 0 Å². The van der Waals surface area contributed by atoms with Crippen molar-refractivity contribution in [1.82, 2.24) is 4.90 Å². The summed E-state index contributed by atoms with van der Waals surface area (Å²) in [5, 5.41) is 0. The van der Waals surface area contributed by atoms with Crippen LogP contribution in [0.5, 0.6) is 0 Å². The summed E-state index contributed by atoms with van der Waals surface area (Å²) >= 11 is 3.53. The second-order valence-electron chi connectivity index (χ2n) is 6.73. The van der Waals surface area contributed by atoms with Crippen molar-refractivity contribution < 1.29 is 14.1 Å². The van der Waals surface area contributed by atoms with Crippen molar-refractivity contribution in [1.29, 1.82) is 0 Å². The van der Waals surface area contributed by atoms with Gasteiger partial charge in [-0.3, -0.25) is 4.79 Å². The van der Waals surface area contributed by atoms with E-state index in [0.717, 1.165) is 41.9 Å². The van der Waals surface area contributed by atoms with Gasteiger partial charge in [-0.2, -0.15) is 0 Å². The van der Waals surface area contributed by atoms with E-state index in [9.17, 15) is 9.18 Å². The molecular weight excluding hydrogens is 397 g/mol. The number of benzene rings is 2. The van der Waals surface area contributed by atoms with E-state index in [1.165, 1.54) is 17.0 Å². The van der Waals surface area contributed by atoms with E-state index >= 15 is 0 Å². The molecule has 6 heteroatoms. The number of nitrogens with zero attached hydrogens (tertiary/aromatic N) is 2. The third-order valence-electron chi connectivity index (χ3n) is 4.85. The molecule has 0 radical (unpaired) electrons. The average molecular weight is 421 g/mol. The summed E-state index contributed by atoms with van der Waals surface area (Å²) in [4.78, 5) is 17.9. The molecule has 0 spiro atoms. The van der Waals surface area contributed by atoms with Crippen LogP contribution in [0.4, 0.5) is 10.1 Å². The van der Waals surface area contributed by atoms with Gasteiger partial charge in [0.05, 0.1) is 26.2 Å². The SMILES string of the molecule is CN(Cc1ccccc1Br)C(=O)C[NH+]1CCN(c2ccc(F)cc2)CC1. The predicted molar refractivity (Wildman–Crippen MR) is 105 cm³/mol. The molecule has 0 atom stereocenters. The molecule has 1 saturated heterocycles. The van der Waals surface area contributed by atoms with Crippen LogP contribution >= 0.6 is 15.9 Å². The first-order valence-electron chi connectivity index (χ1n) is 8.84. The van der Waals surface area contributed by atoms with Crippen molar-refractivity contribution in [2.24, 2.45) is 0 Å². The monoisotopic (exact) mass is 420 g/mol. The predicted octanol–water partition coefficient (Wildman–Crippen LogP) is 1.95. The van der Waals surface area contributed by atoms with Crippen LogP contribution in [0.25, 0.3) is 0 Å². The van der Waals surface area contributed by atoms with Crippen LogP contribution in [0, 0.1) is 5.82 Å². The van der Waals surface area contributed by atoms with Gasteiger partial charge < -0.3 is 14.7 Å². The molecule has 1 aliphatic heterocycles. The number of anilines is 1. The van der Waals surface area contributed by atoms with Crippen molar-refractivity contribution in [3.05, 3.63) is 64.4 Å². The molecule has 1 heterocycles. The molecule has 0 bridgehead atoms. The van der Waals surface area contributed by atoms with Gasteiger partial charge in [-0.1, -0.05) is 34.1 Å². The quantitative estimate of drug-likeness (QED) is 0.800. The van der Waals surface area contributed by atoms with Crippen molar-refractivity contribution in [3.8, 4) is 0 Å². The first kappa shape index (κ1) is 18.9. The van der Waals surface area contributed by atoms with Crippen molar-refractivity contribution >= 4 is 27.5 Å². The van der Waals surface area contributed by atoms with Crippen LogP contribution in [0.1, 0.15) is 5.56 Å². The maximum absolute atomic E-state index is 13.0. The zero-order valence-corrected chi connectivity index (χ0v) is 16.5. The molecule has 3 rings (SSSR count). The lowest BCUT2D eigenvalue weighted by Gasteiger charge is -2.34. The summed E-state index contributed by atoms with van der Waals surface area (Å²) < 4.78 is 14.1. The molecule has 26 heavy (non-hydrogen) atoms. The maximum Gasteiger partial charge on any atom is 0.277 e. The molecule has 138 valence electrons. The molecule has 0 saturated carbocycles. The van der Waals surface area contributed by atoms with Crippen LogP contribution in [-0.2, 0) is 11.3 Å². The zero-order valence-electron chi connectivity index (χ0n) is 14.9. The third kappa shape index (κ3) is 4.83. The normalized spacial score (nSPS) is 15.1. The lowest BCUT2D eigenvalue weighted by atomic mass is 10.2. The van der Waals surface area contributed by atoms with Crippen molar-refractivity contribution in [2.75, 3.05) is 44.7 Å². The van der Waals surface area contributed by atoms with E-state index in [2.05, 4.69) is 20.8 Å². The van der Waals surface area contributed by atoms with Gasteiger partial charge in [0, 0.05) is 23.8 Å². The molecule has 1 aliphatic rings. The van der Waals surface area contributed by atoms with E-state index in [4.69, 9.17) is 0 Å². The summed E-state index contributed by atoms with van der Waals surface area (Å²) in [7, 11) is 1.86. The van der Waals surface area contributed by atoms with Crippen LogP contribution < -0.4 is 9.80 Å². The van der Waals surface area contributed by atoms with Gasteiger partial charge in [0.25, 0.3) is 5.91 Å². The molecule has 0 aliphatic carbocycles. The summed E-state index contributed by atoms with van der Waals surface area (Å²) in [6, 6.07) is 14.6. The van der Waals surface area contributed by atoms with E-state index in [0.29, 0.717) is 13.1 Å². The van der Waals surface area contributed by atoms with Gasteiger partial charge >= 0.3 is 0 Å². The Morgan fingerprint density at radius 2 is 1.81 bits per heavy atom. The molecule has 1 amide bonds. The van der Waals surface area contributed by atoms with Crippen molar-refractivity contribution in [2.45, 2.75) is 6.54 Å². The minimum Gasteiger partial charge on any atom is -0.360 e. The van der Waals surface area contributed by atoms with Gasteiger partial charge in [-0.05, 0) is 35.9 Å². The molecule has 2 aromatic carbocycles. The third-order valence-corrected chi connectivity index (χ3v) is 5.63. The Hall–Kier alpha value is -1.92. The van der Waals surface area contributed by atoms with Crippen LogP contribution in [0.15, 0.2) is 53.0 Å². The topological polar surface area (TPSA) is 28.0 Å². The van der Waals surface area contributed by atoms with Crippen LogP contribution in [-0.4, -0.2) is 50.6 Å². The highest BCUT2D eigenvalue weighted by Crippen LogP contribution is 2.17. The molecule has 4 nitrogen and oxygen atoms in total. The number of hydrogen-bond acceptors (Lipinski definition) is 2. The zero-order chi connectivity index (χ0) is 18.5. The minimum atomic E-state index is -0.211. The molecule has 1 fully saturated rings. The molecular formula is C20H24BrFN3O+. The lowest BCUT2D eigenvalue weighted by Crippen LogP contribution is -3.15. The number of rotatable bonds is 5. The van der Waals surface area contributed by atoms with E-state index in [1.54, 1.807) is 4.90 Å². The summed E-state index contributed by atoms with van der Waals surface area (Å²) in [6.45, 7) is 4.69. The fourth-order valence-corrected chi connectivity index (χ4v) is 3.64. The number of likely N-dealkylation sites (N-methyl/N-ethyl adjacent to an activating group) is 1. The fourth-order valence-electron chi connectivity index (χ4n) is 3.23. The smallest absolute Gasteiger partial charge is 0.277 e.